The van der Waals surface area contributed by atoms with E-state index in [1.54, 1.807) is 6.92 Å². The first kappa shape index (κ1) is 13.1. The van der Waals surface area contributed by atoms with Gasteiger partial charge in [0.25, 0.3) is 0 Å². The summed E-state index contributed by atoms with van der Waals surface area (Å²) in [4.78, 5) is 0. The van der Waals surface area contributed by atoms with Gasteiger partial charge >= 0.3 is 0 Å². The Labute approximate surface area is 118 Å². The Kier molecular flexibility index (Phi) is 3.59. The molecule has 3 nitrogen and oxygen atoms in total. The number of hydrogen-bond acceptors (Lipinski definition) is 3. The highest BCUT2D eigenvalue weighted by Gasteiger charge is 2.28. The maximum Gasteiger partial charge on any atom is 0.141 e. The summed E-state index contributed by atoms with van der Waals surface area (Å²) in [6.45, 7) is 3.26. The zero-order valence-electron chi connectivity index (χ0n) is 11.2. The molecule has 1 atom stereocenters. The lowest BCUT2D eigenvalue weighted by Gasteiger charge is -2.29. The van der Waals surface area contributed by atoms with Crippen LogP contribution in [0.5, 0.6) is 11.5 Å². The summed E-state index contributed by atoms with van der Waals surface area (Å²) in [5, 5.41) is 10.5. The smallest absolute Gasteiger partial charge is 0.141 e. The summed E-state index contributed by atoms with van der Waals surface area (Å²) in [5.74, 6) is 1.73. The van der Waals surface area contributed by atoms with E-state index in [-0.39, 0.29) is 6.10 Å². The largest absolute Gasteiger partial charge is 0.493 e. The van der Waals surface area contributed by atoms with Crippen LogP contribution in [0.25, 0.3) is 0 Å². The average molecular weight is 283 g/mol. The Morgan fingerprint density at radius 3 is 2.42 bits per heavy atom. The zero-order valence-corrected chi connectivity index (χ0v) is 11.9. The third-order valence-electron chi connectivity index (χ3n) is 3.79. The molecule has 19 heavy (non-hydrogen) atoms. The number of fused-ring (bicyclic) bond motifs is 2. The minimum absolute atomic E-state index is 0.387. The van der Waals surface area contributed by atoms with Gasteiger partial charge in [0, 0.05) is 23.1 Å². The minimum atomic E-state index is -0.387. The van der Waals surface area contributed by atoms with Crippen molar-refractivity contribution < 1.29 is 14.6 Å². The van der Waals surface area contributed by atoms with Crippen molar-refractivity contribution in [1.82, 2.24) is 0 Å². The van der Waals surface area contributed by atoms with E-state index in [2.05, 4.69) is 0 Å². The first-order valence-electron chi connectivity index (χ1n) is 6.98. The standard InChI is InChI=1S/C15H19ClO3/c1-9(17)8-12-10-4-2-7-19-15(10)13(16)11-5-3-6-18-14(11)12/h9,17H,2-8H2,1H3. The fraction of sp³-hybridized carbons (Fsp3) is 0.600. The van der Waals surface area contributed by atoms with Gasteiger partial charge in [-0.3, -0.25) is 0 Å². The molecule has 0 bridgehead atoms. The molecule has 0 fully saturated rings. The molecule has 2 aliphatic heterocycles. The van der Waals surface area contributed by atoms with E-state index in [0.29, 0.717) is 6.42 Å². The molecule has 0 spiro atoms. The Hall–Kier alpha value is -0.930. The van der Waals surface area contributed by atoms with Gasteiger partial charge in [0.2, 0.25) is 0 Å². The average Bonchev–Trinajstić information content (AvgIpc) is 2.43. The third kappa shape index (κ3) is 2.30. The first-order valence-corrected chi connectivity index (χ1v) is 7.36. The second-order valence-corrected chi connectivity index (χ2v) is 5.74. The normalized spacial score (nSPS) is 18.9. The molecule has 2 aliphatic rings. The topological polar surface area (TPSA) is 38.7 Å². The molecule has 0 aromatic heterocycles. The van der Waals surface area contributed by atoms with Crippen LogP contribution in [0.3, 0.4) is 0 Å². The van der Waals surface area contributed by atoms with Crippen molar-refractivity contribution in [3.63, 3.8) is 0 Å². The van der Waals surface area contributed by atoms with Gasteiger partial charge in [0.1, 0.15) is 11.5 Å². The molecule has 0 aliphatic carbocycles. The van der Waals surface area contributed by atoms with Crippen molar-refractivity contribution in [1.29, 1.82) is 0 Å². The molecule has 3 rings (SSSR count). The van der Waals surface area contributed by atoms with E-state index in [0.717, 1.165) is 72.1 Å². The molecule has 1 N–H and O–H groups in total. The second kappa shape index (κ2) is 5.22. The molecule has 1 aromatic carbocycles. The Balaban J connectivity index is 2.18. The fourth-order valence-corrected chi connectivity index (χ4v) is 3.34. The van der Waals surface area contributed by atoms with Crippen LogP contribution in [0.4, 0.5) is 0 Å². The van der Waals surface area contributed by atoms with Crippen LogP contribution in [0, 0.1) is 0 Å². The number of ether oxygens (including phenoxy) is 2. The lowest BCUT2D eigenvalue weighted by atomic mass is 9.90. The summed E-state index contributed by atoms with van der Waals surface area (Å²) in [6, 6.07) is 0. The van der Waals surface area contributed by atoms with Crippen LogP contribution < -0.4 is 9.47 Å². The molecule has 0 radical (unpaired) electrons. The SMILES string of the molecule is CC(O)Cc1c2c(c(Cl)c3c1OCCC3)OCCC2. The van der Waals surface area contributed by atoms with Crippen molar-refractivity contribution in [3.05, 3.63) is 21.7 Å². The van der Waals surface area contributed by atoms with E-state index in [4.69, 9.17) is 21.1 Å². The van der Waals surface area contributed by atoms with Crippen LogP contribution in [0.2, 0.25) is 5.02 Å². The van der Waals surface area contributed by atoms with Crippen LogP contribution in [0.15, 0.2) is 0 Å². The van der Waals surface area contributed by atoms with Crippen molar-refractivity contribution in [2.45, 2.75) is 45.1 Å². The molecule has 104 valence electrons. The van der Waals surface area contributed by atoms with Crippen molar-refractivity contribution in [3.8, 4) is 11.5 Å². The monoisotopic (exact) mass is 282 g/mol. The summed E-state index contributed by atoms with van der Waals surface area (Å²) >= 11 is 6.49. The summed E-state index contributed by atoms with van der Waals surface area (Å²) in [5.41, 5.74) is 3.30. The second-order valence-electron chi connectivity index (χ2n) is 5.37. The molecule has 4 heteroatoms. The van der Waals surface area contributed by atoms with Crippen LogP contribution >= 0.6 is 11.6 Å². The molecule has 1 aromatic rings. The summed E-state index contributed by atoms with van der Waals surface area (Å²) in [6.07, 6.45) is 4.08. The first-order chi connectivity index (χ1) is 9.18. The summed E-state index contributed by atoms with van der Waals surface area (Å²) < 4.78 is 11.6. The number of rotatable bonds is 2. The molecular weight excluding hydrogens is 264 g/mol. The van der Waals surface area contributed by atoms with E-state index < -0.39 is 0 Å². The van der Waals surface area contributed by atoms with Crippen molar-refractivity contribution >= 4 is 11.6 Å². The number of aliphatic hydroxyl groups is 1. The molecule has 2 heterocycles. The van der Waals surface area contributed by atoms with Crippen LogP contribution in [-0.4, -0.2) is 24.4 Å². The highest BCUT2D eigenvalue weighted by molar-refractivity contribution is 6.33. The number of benzene rings is 1. The van der Waals surface area contributed by atoms with Gasteiger partial charge in [-0.15, -0.1) is 0 Å². The van der Waals surface area contributed by atoms with Gasteiger partial charge < -0.3 is 14.6 Å². The Morgan fingerprint density at radius 2 is 1.74 bits per heavy atom. The number of aliphatic hydroxyl groups excluding tert-OH is 1. The molecule has 1 unspecified atom stereocenters. The van der Waals surface area contributed by atoms with Crippen LogP contribution in [0.1, 0.15) is 36.5 Å². The van der Waals surface area contributed by atoms with Crippen LogP contribution in [-0.2, 0) is 19.3 Å². The van der Waals surface area contributed by atoms with Crippen molar-refractivity contribution in [2.75, 3.05) is 13.2 Å². The molecule has 0 saturated heterocycles. The van der Waals surface area contributed by atoms with E-state index >= 15 is 0 Å². The third-order valence-corrected chi connectivity index (χ3v) is 4.19. The maximum atomic E-state index is 9.75. The highest BCUT2D eigenvalue weighted by atomic mass is 35.5. The van der Waals surface area contributed by atoms with Gasteiger partial charge in [-0.25, -0.2) is 0 Å². The predicted octanol–water partition coefficient (Wildman–Crippen LogP) is 2.91. The van der Waals surface area contributed by atoms with Gasteiger partial charge in [0.15, 0.2) is 0 Å². The molecule has 0 amide bonds. The van der Waals surface area contributed by atoms with Crippen molar-refractivity contribution in [2.24, 2.45) is 0 Å². The van der Waals surface area contributed by atoms with E-state index in [1.807, 2.05) is 0 Å². The van der Waals surface area contributed by atoms with E-state index in [1.165, 1.54) is 0 Å². The minimum Gasteiger partial charge on any atom is -0.493 e. The predicted molar refractivity (Wildman–Crippen MR) is 74.5 cm³/mol. The molecular formula is C15H19ClO3. The van der Waals surface area contributed by atoms with Gasteiger partial charge in [-0.1, -0.05) is 11.6 Å². The number of hydrogen-bond donors (Lipinski definition) is 1. The van der Waals surface area contributed by atoms with Gasteiger partial charge in [-0.05, 0) is 32.6 Å². The zero-order chi connectivity index (χ0) is 13.4. The number of halogens is 1. The lowest BCUT2D eigenvalue weighted by Crippen LogP contribution is -2.19. The Bertz CT molecular complexity index is 460. The molecule has 0 saturated carbocycles. The fourth-order valence-electron chi connectivity index (χ4n) is 3.00. The summed E-state index contributed by atoms with van der Waals surface area (Å²) in [7, 11) is 0. The quantitative estimate of drug-likeness (QED) is 0.906. The highest BCUT2D eigenvalue weighted by Crippen LogP contribution is 2.46. The van der Waals surface area contributed by atoms with E-state index in [9.17, 15) is 5.11 Å². The lowest BCUT2D eigenvalue weighted by molar-refractivity contribution is 0.191. The van der Waals surface area contributed by atoms with Gasteiger partial charge in [0.05, 0.1) is 24.3 Å². The van der Waals surface area contributed by atoms with Gasteiger partial charge in [-0.2, -0.15) is 0 Å². The Morgan fingerprint density at radius 1 is 1.11 bits per heavy atom. The maximum absolute atomic E-state index is 9.75.